The number of rotatable bonds is 9. The Morgan fingerprint density at radius 1 is 0.921 bits per heavy atom. The standard InChI is InChI=1S/C28H25ClN4O4S/c1-20-8-12-23(13-9-20)33(38(36,37)24-14-10-22(29)11-15-24)19-27(34)32-26-7-3-2-6-25(26)28(35)31-18-21-5-4-16-30-17-21/h2-17H,18-19H2,1H3,(H,31,35)(H,32,34). The molecule has 4 rings (SSSR count). The van der Waals surface area contributed by atoms with Gasteiger partial charge in [-0.3, -0.25) is 18.9 Å². The van der Waals surface area contributed by atoms with Gasteiger partial charge in [0, 0.05) is 24.0 Å². The minimum Gasteiger partial charge on any atom is -0.348 e. The fourth-order valence-electron chi connectivity index (χ4n) is 3.65. The molecule has 194 valence electrons. The summed E-state index contributed by atoms with van der Waals surface area (Å²) in [6, 6.07) is 22.6. The van der Waals surface area contributed by atoms with Gasteiger partial charge in [-0.2, -0.15) is 0 Å². The highest BCUT2D eigenvalue weighted by Gasteiger charge is 2.27. The van der Waals surface area contributed by atoms with Crippen molar-refractivity contribution in [2.24, 2.45) is 0 Å². The van der Waals surface area contributed by atoms with E-state index in [1.165, 1.54) is 24.3 Å². The molecule has 0 unspecified atom stereocenters. The molecule has 10 heteroatoms. The molecule has 0 radical (unpaired) electrons. The molecule has 3 aromatic carbocycles. The Morgan fingerprint density at radius 3 is 2.32 bits per heavy atom. The van der Waals surface area contributed by atoms with E-state index in [0.717, 1.165) is 15.4 Å². The molecule has 0 aliphatic carbocycles. The fourth-order valence-corrected chi connectivity index (χ4v) is 5.20. The van der Waals surface area contributed by atoms with Gasteiger partial charge in [0.15, 0.2) is 0 Å². The number of anilines is 2. The highest BCUT2D eigenvalue weighted by atomic mass is 35.5. The molecule has 1 heterocycles. The van der Waals surface area contributed by atoms with Crippen LogP contribution in [0.25, 0.3) is 0 Å². The lowest BCUT2D eigenvalue weighted by molar-refractivity contribution is -0.114. The third-order valence-corrected chi connectivity index (χ3v) is 7.67. The highest BCUT2D eigenvalue weighted by Crippen LogP contribution is 2.25. The van der Waals surface area contributed by atoms with Crippen molar-refractivity contribution in [3.05, 3.63) is 119 Å². The molecule has 1 aromatic heterocycles. The van der Waals surface area contributed by atoms with Crippen LogP contribution < -0.4 is 14.9 Å². The van der Waals surface area contributed by atoms with E-state index in [4.69, 9.17) is 11.6 Å². The lowest BCUT2D eigenvalue weighted by Gasteiger charge is -2.24. The molecule has 38 heavy (non-hydrogen) atoms. The van der Waals surface area contributed by atoms with Crippen LogP contribution in [0.4, 0.5) is 11.4 Å². The van der Waals surface area contributed by atoms with E-state index in [-0.39, 0.29) is 22.7 Å². The second-order valence-corrected chi connectivity index (χ2v) is 10.7. The number of carbonyl (C=O) groups is 2. The Kier molecular flexibility index (Phi) is 8.40. The van der Waals surface area contributed by atoms with Crippen molar-refractivity contribution in [3.8, 4) is 0 Å². The summed E-state index contributed by atoms with van der Waals surface area (Å²) in [5.74, 6) is -1.01. The van der Waals surface area contributed by atoms with E-state index in [0.29, 0.717) is 10.7 Å². The van der Waals surface area contributed by atoms with Crippen LogP contribution in [0.3, 0.4) is 0 Å². The number of amides is 2. The number of aromatic nitrogens is 1. The second-order valence-electron chi connectivity index (χ2n) is 8.44. The lowest BCUT2D eigenvalue weighted by atomic mass is 10.1. The summed E-state index contributed by atoms with van der Waals surface area (Å²) < 4.78 is 28.1. The molecule has 8 nitrogen and oxygen atoms in total. The third kappa shape index (κ3) is 6.56. The van der Waals surface area contributed by atoms with Crippen molar-refractivity contribution in [2.45, 2.75) is 18.4 Å². The van der Waals surface area contributed by atoms with Gasteiger partial charge in [-0.25, -0.2) is 8.42 Å². The molecular weight excluding hydrogens is 524 g/mol. The lowest BCUT2D eigenvalue weighted by Crippen LogP contribution is -2.38. The summed E-state index contributed by atoms with van der Waals surface area (Å²) in [6.07, 6.45) is 3.29. The number of pyridine rings is 1. The van der Waals surface area contributed by atoms with Crippen LogP contribution >= 0.6 is 11.6 Å². The quantitative estimate of drug-likeness (QED) is 0.312. The fraction of sp³-hybridized carbons (Fsp3) is 0.107. The Hall–Kier alpha value is -4.21. The first-order chi connectivity index (χ1) is 18.2. The van der Waals surface area contributed by atoms with Gasteiger partial charge in [-0.05, 0) is 67.1 Å². The summed E-state index contributed by atoms with van der Waals surface area (Å²) in [4.78, 5) is 30.1. The van der Waals surface area contributed by atoms with Crippen molar-refractivity contribution in [1.82, 2.24) is 10.3 Å². The number of sulfonamides is 1. The van der Waals surface area contributed by atoms with Crippen LogP contribution in [0, 0.1) is 6.92 Å². The predicted molar refractivity (Wildman–Crippen MR) is 148 cm³/mol. The van der Waals surface area contributed by atoms with E-state index in [1.807, 2.05) is 13.0 Å². The molecule has 0 aliphatic heterocycles. The molecule has 0 atom stereocenters. The maximum atomic E-state index is 13.5. The van der Waals surface area contributed by atoms with E-state index in [2.05, 4.69) is 15.6 Å². The Morgan fingerprint density at radius 2 is 1.63 bits per heavy atom. The van der Waals surface area contributed by atoms with E-state index in [9.17, 15) is 18.0 Å². The average Bonchev–Trinajstić information content (AvgIpc) is 2.92. The molecular formula is C28H25ClN4O4S. The van der Waals surface area contributed by atoms with Crippen LogP contribution in [0.1, 0.15) is 21.5 Å². The van der Waals surface area contributed by atoms with Crippen molar-refractivity contribution in [3.63, 3.8) is 0 Å². The maximum Gasteiger partial charge on any atom is 0.264 e. The highest BCUT2D eigenvalue weighted by molar-refractivity contribution is 7.92. The van der Waals surface area contributed by atoms with Gasteiger partial charge in [0.1, 0.15) is 6.54 Å². The van der Waals surface area contributed by atoms with Gasteiger partial charge in [-0.15, -0.1) is 0 Å². The van der Waals surface area contributed by atoms with Gasteiger partial charge < -0.3 is 10.6 Å². The molecule has 0 bridgehead atoms. The summed E-state index contributed by atoms with van der Waals surface area (Å²) in [7, 11) is -4.11. The molecule has 0 saturated heterocycles. The van der Waals surface area contributed by atoms with E-state index in [1.54, 1.807) is 67.0 Å². The zero-order chi connectivity index (χ0) is 27.1. The van der Waals surface area contributed by atoms with Gasteiger partial charge in [0.2, 0.25) is 5.91 Å². The van der Waals surface area contributed by atoms with Crippen molar-refractivity contribution >= 4 is 44.8 Å². The number of nitrogens with one attached hydrogen (secondary N) is 2. The first-order valence-electron chi connectivity index (χ1n) is 11.6. The zero-order valence-corrected chi connectivity index (χ0v) is 22.0. The summed E-state index contributed by atoms with van der Waals surface area (Å²) in [6.45, 7) is 1.62. The molecule has 0 spiro atoms. The number of halogens is 1. The molecule has 0 saturated carbocycles. The van der Waals surface area contributed by atoms with Crippen LogP contribution in [-0.2, 0) is 21.4 Å². The molecule has 0 aliphatic rings. The Bertz CT molecular complexity index is 1530. The number of carbonyl (C=O) groups excluding carboxylic acids is 2. The third-order valence-electron chi connectivity index (χ3n) is 5.63. The first kappa shape index (κ1) is 26.8. The molecule has 2 amide bonds. The number of hydrogen-bond donors (Lipinski definition) is 2. The van der Waals surface area contributed by atoms with Gasteiger partial charge >= 0.3 is 0 Å². The SMILES string of the molecule is Cc1ccc(N(CC(=O)Nc2ccccc2C(=O)NCc2cccnc2)S(=O)(=O)c2ccc(Cl)cc2)cc1. The summed E-state index contributed by atoms with van der Waals surface area (Å²) >= 11 is 5.94. The molecule has 2 N–H and O–H groups in total. The van der Waals surface area contributed by atoms with E-state index >= 15 is 0 Å². The largest absolute Gasteiger partial charge is 0.348 e. The van der Waals surface area contributed by atoms with Crippen molar-refractivity contribution < 1.29 is 18.0 Å². The number of nitrogens with zero attached hydrogens (tertiary/aromatic N) is 2. The smallest absolute Gasteiger partial charge is 0.264 e. The second kappa shape index (κ2) is 11.9. The van der Waals surface area contributed by atoms with Gasteiger partial charge in [0.05, 0.1) is 21.8 Å². The van der Waals surface area contributed by atoms with Gasteiger partial charge in [0.25, 0.3) is 15.9 Å². The predicted octanol–water partition coefficient (Wildman–Crippen LogP) is 4.81. The molecule has 0 fully saturated rings. The Labute approximate surface area is 226 Å². The van der Waals surface area contributed by atoms with Crippen molar-refractivity contribution in [1.29, 1.82) is 0 Å². The minimum atomic E-state index is -4.11. The number of hydrogen-bond acceptors (Lipinski definition) is 5. The number of para-hydroxylation sites is 1. The van der Waals surface area contributed by atoms with Crippen LogP contribution in [0.5, 0.6) is 0 Å². The normalized spacial score (nSPS) is 11.0. The summed E-state index contributed by atoms with van der Waals surface area (Å²) in [5.41, 5.74) is 2.58. The van der Waals surface area contributed by atoms with Gasteiger partial charge in [-0.1, -0.05) is 47.5 Å². The zero-order valence-electron chi connectivity index (χ0n) is 20.5. The van der Waals surface area contributed by atoms with Crippen LogP contribution in [0.15, 0.2) is 102 Å². The monoisotopic (exact) mass is 548 g/mol. The van der Waals surface area contributed by atoms with Crippen LogP contribution in [-0.4, -0.2) is 31.8 Å². The average molecular weight is 549 g/mol. The topological polar surface area (TPSA) is 108 Å². The number of aryl methyl sites for hydroxylation is 1. The maximum absolute atomic E-state index is 13.5. The summed E-state index contributed by atoms with van der Waals surface area (Å²) in [5, 5.41) is 5.89. The first-order valence-corrected chi connectivity index (χ1v) is 13.5. The van der Waals surface area contributed by atoms with Crippen LogP contribution in [0.2, 0.25) is 5.02 Å². The Balaban J connectivity index is 1.56. The molecule has 4 aromatic rings. The number of benzene rings is 3. The van der Waals surface area contributed by atoms with E-state index < -0.39 is 28.4 Å². The van der Waals surface area contributed by atoms with Crippen molar-refractivity contribution in [2.75, 3.05) is 16.2 Å². The minimum absolute atomic E-state index is 0.00884.